The molecule has 0 radical (unpaired) electrons. The first kappa shape index (κ1) is 54.4. The molecule has 2 aliphatic heterocycles. The molecule has 0 saturated carbocycles. The standard InChI is InChI=1S/C51H52O22/c1-64-36-22-29(6-15-33(36)53)10-18-41(56)67-25-39-45(60)47(62)48(63)50(70-39)73-51(27-69-43(58)20-12-31-8-17-35(55)38(24-31)66-3)49(71-44(59)21-9-28-4-13-32(52)14-5-28)46(61)40(72-51)26-68-42(57)19-11-30-7-16-34(54)37(23-30)65-2/h4-24,39-40,45-50,52-55,60-63H,25-27H2,1-3H3/t39-,40-,45+,46+,47+,48+,49-,50-,51-/m1/s1. The van der Waals surface area contributed by atoms with Gasteiger partial charge in [0.15, 0.2) is 46.9 Å². The van der Waals surface area contributed by atoms with Crippen molar-refractivity contribution in [2.75, 3.05) is 41.2 Å². The zero-order valence-corrected chi connectivity index (χ0v) is 39.2. The van der Waals surface area contributed by atoms with Crippen molar-refractivity contribution in [2.45, 2.75) is 54.8 Å². The van der Waals surface area contributed by atoms with Gasteiger partial charge in [-0.1, -0.05) is 30.3 Å². The van der Waals surface area contributed by atoms with Gasteiger partial charge in [0.2, 0.25) is 5.79 Å². The summed E-state index contributed by atoms with van der Waals surface area (Å²) in [6.07, 6.45) is -6.60. The van der Waals surface area contributed by atoms with Crippen molar-refractivity contribution in [3.05, 3.63) is 125 Å². The number of benzene rings is 4. The van der Waals surface area contributed by atoms with E-state index in [1.54, 1.807) is 0 Å². The van der Waals surface area contributed by atoms with Gasteiger partial charge in [0, 0.05) is 24.3 Å². The van der Waals surface area contributed by atoms with Crippen LogP contribution in [0.1, 0.15) is 22.3 Å². The number of aromatic hydroxyl groups is 4. The number of ether oxygens (including phenoxy) is 10. The summed E-state index contributed by atoms with van der Waals surface area (Å²) in [7, 11) is 3.98. The van der Waals surface area contributed by atoms with Crippen molar-refractivity contribution in [3.8, 4) is 40.2 Å². The van der Waals surface area contributed by atoms with E-state index in [1.807, 2.05) is 0 Å². The van der Waals surface area contributed by atoms with Gasteiger partial charge < -0.3 is 88.2 Å². The molecule has 0 unspecified atom stereocenters. The van der Waals surface area contributed by atoms with Crippen molar-refractivity contribution in [2.24, 2.45) is 0 Å². The van der Waals surface area contributed by atoms with Crippen LogP contribution in [0.25, 0.3) is 24.3 Å². The number of hydrogen-bond acceptors (Lipinski definition) is 22. The SMILES string of the molecule is COc1cc(C=CC(=O)OC[C@H]2O[C@H](O[C@@]3(COC(=O)C=Cc4ccc(O)c(OC)c4)O[C@H](COC(=O)C=Cc4ccc(O)c(OC)c4)[C@H](O)[C@H]3OC(=O)C=Cc3ccc(O)cc3)[C@@H](O)[C@@H](O)[C@H]2O)ccc1O. The van der Waals surface area contributed by atoms with E-state index in [4.69, 9.17) is 47.4 Å². The third-order valence-corrected chi connectivity index (χ3v) is 11.0. The average molecular weight is 1020 g/mol. The molecule has 9 atom stereocenters. The molecule has 0 spiro atoms. The molecule has 0 aromatic heterocycles. The molecule has 2 fully saturated rings. The van der Waals surface area contributed by atoms with Gasteiger partial charge in [0.25, 0.3) is 0 Å². The molecule has 73 heavy (non-hydrogen) atoms. The fourth-order valence-corrected chi connectivity index (χ4v) is 7.18. The fraction of sp³-hybridized carbons (Fsp3) is 0.294. The maximum Gasteiger partial charge on any atom is 0.331 e. The van der Waals surface area contributed by atoms with E-state index in [0.29, 0.717) is 22.3 Å². The zero-order valence-electron chi connectivity index (χ0n) is 39.2. The Bertz CT molecular complexity index is 2700. The molecular weight excluding hydrogens is 965 g/mol. The number of rotatable bonds is 20. The fourth-order valence-electron chi connectivity index (χ4n) is 7.18. The lowest BCUT2D eigenvalue weighted by Crippen LogP contribution is -2.63. The van der Waals surface area contributed by atoms with Crippen molar-refractivity contribution in [1.82, 2.24) is 0 Å². The normalized spacial score (nSPS) is 23.9. The van der Waals surface area contributed by atoms with Gasteiger partial charge in [-0.2, -0.15) is 0 Å². The topological polar surface area (TPSA) is 322 Å². The molecule has 2 saturated heterocycles. The van der Waals surface area contributed by atoms with E-state index in [1.165, 1.54) is 124 Å². The van der Waals surface area contributed by atoms with Crippen LogP contribution >= 0.6 is 0 Å². The van der Waals surface area contributed by atoms with E-state index in [2.05, 4.69) is 0 Å². The van der Waals surface area contributed by atoms with Crippen molar-refractivity contribution >= 4 is 48.2 Å². The van der Waals surface area contributed by atoms with Gasteiger partial charge in [-0.05, 0) is 95.1 Å². The van der Waals surface area contributed by atoms with Crippen LogP contribution in [0.3, 0.4) is 0 Å². The summed E-state index contributed by atoms with van der Waals surface area (Å²) >= 11 is 0. The highest BCUT2D eigenvalue weighted by molar-refractivity contribution is 5.89. The van der Waals surface area contributed by atoms with Crippen molar-refractivity contribution in [3.63, 3.8) is 0 Å². The summed E-state index contributed by atoms with van der Waals surface area (Å²) in [6.45, 7) is -2.66. The van der Waals surface area contributed by atoms with Gasteiger partial charge >= 0.3 is 23.9 Å². The predicted octanol–water partition coefficient (Wildman–Crippen LogP) is 2.51. The Kier molecular flexibility index (Phi) is 18.6. The second-order valence-corrected chi connectivity index (χ2v) is 16.0. The number of methoxy groups -OCH3 is 3. The van der Waals surface area contributed by atoms with Crippen LogP contribution in [-0.4, -0.2) is 161 Å². The van der Waals surface area contributed by atoms with E-state index >= 15 is 0 Å². The maximum atomic E-state index is 13.6. The van der Waals surface area contributed by atoms with Gasteiger partial charge in [0.05, 0.1) is 21.3 Å². The summed E-state index contributed by atoms with van der Waals surface area (Å²) in [5.41, 5.74) is 1.64. The zero-order chi connectivity index (χ0) is 52.8. The molecule has 0 bridgehead atoms. The predicted molar refractivity (Wildman–Crippen MR) is 252 cm³/mol. The minimum atomic E-state index is -2.73. The van der Waals surface area contributed by atoms with Crippen LogP contribution in [0.15, 0.2) is 103 Å². The summed E-state index contributed by atoms with van der Waals surface area (Å²) in [5.74, 6) is -7.14. The van der Waals surface area contributed by atoms with Gasteiger partial charge in [-0.25, -0.2) is 19.2 Å². The molecule has 2 aliphatic rings. The second-order valence-electron chi connectivity index (χ2n) is 16.0. The minimum Gasteiger partial charge on any atom is -0.508 e. The Hall–Kier alpha value is -7.96. The summed E-state index contributed by atoms with van der Waals surface area (Å²) in [6, 6.07) is 18.3. The molecule has 22 heteroatoms. The highest BCUT2D eigenvalue weighted by Gasteiger charge is 2.62. The molecule has 6 rings (SSSR count). The van der Waals surface area contributed by atoms with Crippen LogP contribution in [-0.2, 0) is 52.3 Å². The lowest BCUT2D eigenvalue weighted by molar-refractivity contribution is -0.383. The van der Waals surface area contributed by atoms with Gasteiger partial charge in [-0.3, -0.25) is 0 Å². The largest absolute Gasteiger partial charge is 0.508 e. The number of carbonyl (C=O) groups excluding carboxylic acids is 4. The second kappa shape index (κ2) is 24.9. The molecule has 0 aliphatic carbocycles. The van der Waals surface area contributed by atoms with Crippen LogP contribution in [0.2, 0.25) is 0 Å². The number of phenolic OH excluding ortho intramolecular Hbond substituents is 4. The first-order chi connectivity index (χ1) is 34.9. The summed E-state index contributed by atoms with van der Waals surface area (Å²) in [5, 5.41) is 84.7. The number of phenols is 4. The third-order valence-electron chi connectivity index (χ3n) is 11.0. The van der Waals surface area contributed by atoms with Crippen LogP contribution in [0.4, 0.5) is 0 Å². The molecule has 8 N–H and O–H groups in total. The Balaban J connectivity index is 1.29. The van der Waals surface area contributed by atoms with Crippen molar-refractivity contribution < 1.29 is 107 Å². The van der Waals surface area contributed by atoms with Crippen LogP contribution in [0.5, 0.6) is 40.2 Å². The molecule has 22 nitrogen and oxygen atoms in total. The molecule has 0 amide bonds. The maximum absolute atomic E-state index is 13.6. The molecule has 4 aromatic carbocycles. The number of hydrogen-bond donors (Lipinski definition) is 8. The number of carbonyl (C=O) groups is 4. The lowest BCUT2D eigenvalue weighted by atomic mass is 9.98. The highest BCUT2D eigenvalue weighted by Crippen LogP contribution is 2.39. The van der Waals surface area contributed by atoms with Gasteiger partial charge in [0.1, 0.15) is 62.2 Å². The van der Waals surface area contributed by atoms with Crippen LogP contribution < -0.4 is 14.2 Å². The average Bonchev–Trinajstić information content (AvgIpc) is 3.64. The Labute approximate surface area is 416 Å². The Morgan fingerprint density at radius 1 is 0.521 bits per heavy atom. The van der Waals surface area contributed by atoms with E-state index in [9.17, 15) is 60.0 Å². The van der Waals surface area contributed by atoms with Gasteiger partial charge in [-0.15, -0.1) is 0 Å². The summed E-state index contributed by atoms with van der Waals surface area (Å²) < 4.78 is 55.3. The molecule has 4 aromatic rings. The first-order valence-corrected chi connectivity index (χ1v) is 22.0. The van der Waals surface area contributed by atoms with E-state index < -0.39 is 98.5 Å². The Morgan fingerprint density at radius 3 is 1.42 bits per heavy atom. The summed E-state index contributed by atoms with van der Waals surface area (Å²) in [4.78, 5) is 52.8. The van der Waals surface area contributed by atoms with E-state index in [0.717, 1.165) is 24.3 Å². The van der Waals surface area contributed by atoms with Crippen molar-refractivity contribution in [1.29, 1.82) is 0 Å². The Morgan fingerprint density at radius 2 is 0.945 bits per heavy atom. The number of esters is 4. The quantitative estimate of drug-likeness (QED) is 0.0358. The molecular formula is C51H52O22. The first-order valence-electron chi connectivity index (χ1n) is 22.0. The third kappa shape index (κ3) is 14.4. The lowest BCUT2D eigenvalue weighted by Gasteiger charge is -2.43. The number of aliphatic hydroxyl groups is 4. The van der Waals surface area contributed by atoms with Crippen LogP contribution in [0, 0.1) is 0 Å². The highest BCUT2D eigenvalue weighted by atomic mass is 16.8. The number of aliphatic hydroxyl groups excluding tert-OH is 4. The minimum absolute atomic E-state index is 0.0585. The van der Waals surface area contributed by atoms with E-state index in [-0.39, 0.29) is 40.2 Å². The smallest absolute Gasteiger partial charge is 0.331 e. The molecule has 388 valence electrons. The molecule has 2 heterocycles. The monoisotopic (exact) mass is 1020 g/mol.